The lowest BCUT2D eigenvalue weighted by Gasteiger charge is -2.53. The fraction of sp³-hybridized carbons (Fsp3) is 0.800. The molecule has 2 N–H and O–H groups in total. The number of fused-ring (bicyclic) bond motifs is 1. The second-order valence-corrected chi connectivity index (χ2v) is 6.40. The summed E-state index contributed by atoms with van der Waals surface area (Å²) in [5, 5.41) is 0. The van der Waals surface area contributed by atoms with Crippen LogP contribution in [0.1, 0.15) is 52.9 Å². The zero-order valence-electron chi connectivity index (χ0n) is 11.9. The highest BCUT2D eigenvalue weighted by atomic mass is 16.1. The molecule has 3 nitrogen and oxygen atoms in total. The maximum absolute atomic E-state index is 11.9. The van der Waals surface area contributed by atoms with Gasteiger partial charge in [0.05, 0.1) is 0 Å². The highest BCUT2D eigenvalue weighted by Gasteiger charge is 2.44. The van der Waals surface area contributed by atoms with Gasteiger partial charge in [-0.05, 0) is 52.0 Å². The third-order valence-electron chi connectivity index (χ3n) is 4.75. The van der Waals surface area contributed by atoms with Crippen molar-refractivity contribution < 1.29 is 4.79 Å². The Balaban J connectivity index is 2.23. The van der Waals surface area contributed by atoms with Crippen LogP contribution in [0.15, 0.2) is 11.8 Å². The third-order valence-corrected chi connectivity index (χ3v) is 4.75. The van der Waals surface area contributed by atoms with Crippen molar-refractivity contribution in [3.63, 3.8) is 0 Å². The van der Waals surface area contributed by atoms with Gasteiger partial charge < -0.3 is 5.73 Å². The Labute approximate surface area is 110 Å². The van der Waals surface area contributed by atoms with Crippen LogP contribution in [0.4, 0.5) is 0 Å². The van der Waals surface area contributed by atoms with Crippen LogP contribution in [0.5, 0.6) is 0 Å². The van der Waals surface area contributed by atoms with Gasteiger partial charge in [0.2, 0.25) is 0 Å². The highest BCUT2D eigenvalue weighted by molar-refractivity contribution is 5.96. The van der Waals surface area contributed by atoms with Crippen LogP contribution in [-0.4, -0.2) is 28.8 Å². The van der Waals surface area contributed by atoms with Crippen LogP contribution in [0.25, 0.3) is 0 Å². The highest BCUT2D eigenvalue weighted by Crippen LogP contribution is 2.42. The van der Waals surface area contributed by atoms with Crippen LogP contribution < -0.4 is 5.73 Å². The van der Waals surface area contributed by atoms with Gasteiger partial charge in [-0.1, -0.05) is 6.92 Å². The summed E-state index contributed by atoms with van der Waals surface area (Å²) >= 11 is 0. The summed E-state index contributed by atoms with van der Waals surface area (Å²) < 4.78 is 0. The lowest BCUT2D eigenvalue weighted by Crippen LogP contribution is -2.58. The van der Waals surface area contributed by atoms with E-state index in [0.29, 0.717) is 18.4 Å². The Bertz CT molecular complexity index is 360. The number of Topliss-reactive ketones (excluding diaryl/α,β-unsaturated/α-hetero) is 1. The van der Waals surface area contributed by atoms with Crippen LogP contribution >= 0.6 is 0 Å². The van der Waals surface area contributed by atoms with Gasteiger partial charge in [-0.3, -0.25) is 9.69 Å². The molecule has 0 bridgehead atoms. The Morgan fingerprint density at radius 2 is 2.17 bits per heavy atom. The van der Waals surface area contributed by atoms with Gasteiger partial charge in [-0.25, -0.2) is 0 Å². The predicted octanol–water partition coefficient (Wildman–Crippen LogP) is 2.46. The lowest BCUT2D eigenvalue weighted by atomic mass is 9.71. The summed E-state index contributed by atoms with van der Waals surface area (Å²) in [6.07, 6.45) is 6.63. The molecule has 0 aromatic carbocycles. The Morgan fingerprint density at radius 3 is 2.78 bits per heavy atom. The molecule has 2 fully saturated rings. The van der Waals surface area contributed by atoms with E-state index in [1.165, 1.54) is 25.5 Å². The van der Waals surface area contributed by atoms with Crippen LogP contribution in [-0.2, 0) is 4.79 Å². The monoisotopic (exact) mass is 250 g/mol. The number of nitrogens with zero attached hydrogens (tertiary/aromatic N) is 1. The molecule has 2 aliphatic rings. The number of hydrogen-bond donors (Lipinski definition) is 1. The fourth-order valence-corrected chi connectivity index (χ4v) is 3.67. The maximum atomic E-state index is 11.9. The molecule has 3 heteroatoms. The van der Waals surface area contributed by atoms with Crippen molar-refractivity contribution in [1.29, 1.82) is 0 Å². The minimum atomic E-state index is 0.261. The van der Waals surface area contributed by atoms with E-state index in [4.69, 9.17) is 5.73 Å². The van der Waals surface area contributed by atoms with E-state index < -0.39 is 0 Å². The van der Waals surface area contributed by atoms with Crippen molar-refractivity contribution >= 4 is 5.78 Å². The quantitative estimate of drug-likeness (QED) is 0.766. The number of ketones is 1. The molecular formula is C15H26N2O. The van der Waals surface area contributed by atoms with Crippen molar-refractivity contribution in [3.05, 3.63) is 11.8 Å². The smallest absolute Gasteiger partial charge is 0.160 e. The number of nitrogens with two attached hydrogens (primary N) is 1. The average Bonchev–Trinajstić information content (AvgIpc) is 2.33. The molecule has 2 rings (SSSR count). The average molecular weight is 250 g/mol. The zero-order valence-corrected chi connectivity index (χ0v) is 11.9. The van der Waals surface area contributed by atoms with E-state index in [1.807, 2.05) is 0 Å². The van der Waals surface area contributed by atoms with Gasteiger partial charge in [-0.15, -0.1) is 0 Å². The molecule has 0 aromatic heterocycles. The van der Waals surface area contributed by atoms with Gasteiger partial charge in [0.15, 0.2) is 5.78 Å². The van der Waals surface area contributed by atoms with Crippen molar-refractivity contribution in [2.24, 2.45) is 11.7 Å². The molecule has 1 aliphatic carbocycles. The molecule has 0 amide bonds. The van der Waals surface area contributed by atoms with Crippen LogP contribution in [0.2, 0.25) is 0 Å². The first-order chi connectivity index (χ1) is 8.49. The summed E-state index contributed by atoms with van der Waals surface area (Å²) in [6, 6.07) is 0.515. The molecule has 0 radical (unpaired) electrons. The van der Waals surface area contributed by atoms with Gasteiger partial charge in [0, 0.05) is 29.8 Å². The minimum Gasteiger partial charge on any atom is -0.404 e. The predicted molar refractivity (Wildman–Crippen MR) is 74.1 cm³/mol. The van der Waals surface area contributed by atoms with Crippen molar-refractivity contribution in [3.8, 4) is 0 Å². The van der Waals surface area contributed by atoms with Gasteiger partial charge >= 0.3 is 0 Å². The third kappa shape index (κ3) is 2.33. The van der Waals surface area contributed by atoms with Gasteiger partial charge in [0.25, 0.3) is 0 Å². The van der Waals surface area contributed by atoms with Gasteiger partial charge in [-0.2, -0.15) is 0 Å². The van der Waals surface area contributed by atoms with E-state index in [1.54, 1.807) is 0 Å². The summed E-state index contributed by atoms with van der Waals surface area (Å²) in [7, 11) is 0. The van der Waals surface area contributed by atoms with E-state index in [2.05, 4.69) is 25.7 Å². The zero-order chi connectivity index (χ0) is 13.3. The standard InChI is InChI=1S/C15H26N2O/c1-4-7-17-13-8-12(10-16)14(18)9-11(13)5-6-15(17,2)3/h10-11,13H,4-9,16H2,1-3H3. The lowest BCUT2D eigenvalue weighted by molar-refractivity contribution is -0.121. The molecular weight excluding hydrogens is 224 g/mol. The van der Waals surface area contributed by atoms with Crippen molar-refractivity contribution in [2.75, 3.05) is 6.54 Å². The van der Waals surface area contributed by atoms with Crippen LogP contribution in [0.3, 0.4) is 0 Å². The first-order valence-electron chi connectivity index (χ1n) is 7.20. The second kappa shape index (κ2) is 5.04. The van der Waals surface area contributed by atoms with E-state index in [-0.39, 0.29) is 11.3 Å². The number of piperidine rings is 1. The number of rotatable bonds is 2. The minimum absolute atomic E-state index is 0.261. The largest absolute Gasteiger partial charge is 0.404 e. The molecule has 102 valence electrons. The molecule has 1 heterocycles. The number of carbonyl (C=O) groups excluding carboxylic acids is 1. The summed E-state index contributed by atoms with van der Waals surface area (Å²) in [5.74, 6) is 0.815. The normalized spacial score (nSPS) is 34.6. The summed E-state index contributed by atoms with van der Waals surface area (Å²) in [6.45, 7) is 8.02. The molecule has 18 heavy (non-hydrogen) atoms. The molecule has 1 saturated heterocycles. The summed E-state index contributed by atoms with van der Waals surface area (Å²) in [5.41, 5.74) is 6.70. The number of carbonyl (C=O) groups is 1. The maximum Gasteiger partial charge on any atom is 0.160 e. The molecule has 0 spiro atoms. The van der Waals surface area contributed by atoms with Crippen molar-refractivity contribution in [1.82, 2.24) is 4.90 Å². The number of likely N-dealkylation sites (tertiary alicyclic amines) is 1. The first-order valence-corrected chi connectivity index (χ1v) is 7.20. The second-order valence-electron chi connectivity index (χ2n) is 6.40. The molecule has 2 atom stereocenters. The number of hydrogen-bond acceptors (Lipinski definition) is 3. The van der Waals surface area contributed by atoms with Crippen LogP contribution in [0, 0.1) is 5.92 Å². The molecule has 1 aliphatic heterocycles. The molecule has 1 saturated carbocycles. The topological polar surface area (TPSA) is 46.3 Å². The van der Waals surface area contributed by atoms with E-state index in [0.717, 1.165) is 18.5 Å². The fourth-order valence-electron chi connectivity index (χ4n) is 3.67. The molecule has 0 aromatic rings. The van der Waals surface area contributed by atoms with E-state index >= 15 is 0 Å². The first kappa shape index (κ1) is 13.6. The Morgan fingerprint density at radius 1 is 1.44 bits per heavy atom. The van der Waals surface area contributed by atoms with Crippen molar-refractivity contribution in [2.45, 2.75) is 64.5 Å². The Kier molecular flexibility index (Phi) is 3.81. The van der Waals surface area contributed by atoms with E-state index in [9.17, 15) is 4.79 Å². The SMILES string of the molecule is CCCN1C2CC(=CN)C(=O)CC2CCC1(C)C. The summed E-state index contributed by atoms with van der Waals surface area (Å²) in [4.78, 5) is 14.6. The van der Waals surface area contributed by atoms with Gasteiger partial charge in [0.1, 0.15) is 0 Å². The Hall–Kier alpha value is -0.830. The molecule has 2 unspecified atom stereocenters.